The Hall–Kier alpha value is -1.66. The van der Waals surface area contributed by atoms with Crippen LogP contribution >= 0.6 is 0 Å². The monoisotopic (exact) mass is 874 g/mol. The molecule has 2 atom stereocenters. The number of rotatable bonds is 51. The summed E-state index contributed by atoms with van der Waals surface area (Å²) < 4.78 is 5.48. The number of amides is 1. The van der Waals surface area contributed by atoms with Crippen LogP contribution in [0.1, 0.15) is 296 Å². The van der Waals surface area contributed by atoms with Gasteiger partial charge < -0.3 is 20.3 Å². The first kappa shape index (κ1) is 60.3. The first-order valence-electron chi connectivity index (χ1n) is 27.6. The van der Waals surface area contributed by atoms with Gasteiger partial charge in [0, 0.05) is 12.8 Å². The van der Waals surface area contributed by atoms with Crippen LogP contribution in [0.15, 0.2) is 24.3 Å². The molecule has 0 aliphatic carbocycles. The van der Waals surface area contributed by atoms with Gasteiger partial charge in [0.15, 0.2) is 0 Å². The van der Waals surface area contributed by atoms with Crippen LogP contribution in [0.3, 0.4) is 0 Å². The number of nitrogens with one attached hydrogen (secondary N) is 1. The minimum Gasteiger partial charge on any atom is -0.466 e. The number of carbonyl (C=O) groups excluding carboxylic acids is 2. The highest BCUT2D eigenvalue weighted by molar-refractivity contribution is 5.76. The van der Waals surface area contributed by atoms with Crippen molar-refractivity contribution in [3.8, 4) is 0 Å². The van der Waals surface area contributed by atoms with E-state index in [9.17, 15) is 19.8 Å². The van der Waals surface area contributed by atoms with Crippen molar-refractivity contribution in [1.82, 2.24) is 5.32 Å². The zero-order valence-corrected chi connectivity index (χ0v) is 41.6. The Balaban J connectivity index is 3.43. The first-order chi connectivity index (χ1) is 30.5. The van der Waals surface area contributed by atoms with Gasteiger partial charge in [0.1, 0.15) is 0 Å². The fraction of sp³-hybridized carbons (Fsp3) is 0.893. The highest BCUT2D eigenvalue weighted by Crippen LogP contribution is 2.16. The highest BCUT2D eigenvalue weighted by atomic mass is 16.5. The van der Waals surface area contributed by atoms with Crippen molar-refractivity contribution >= 4 is 11.9 Å². The lowest BCUT2D eigenvalue weighted by atomic mass is 10.0. The number of hydrogen-bond acceptors (Lipinski definition) is 5. The van der Waals surface area contributed by atoms with Gasteiger partial charge in [-0.15, -0.1) is 0 Å². The summed E-state index contributed by atoms with van der Waals surface area (Å²) >= 11 is 0. The number of aliphatic hydroxyl groups is 2. The molecule has 6 heteroatoms. The van der Waals surface area contributed by atoms with Gasteiger partial charge in [-0.2, -0.15) is 0 Å². The van der Waals surface area contributed by atoms with Crippen LogP contribution in [0, 0.1) is 0 Å². The number of allylic oxidation sites excluding steroid dienone is 3. The van der Waals surface area contributed by atoms with Crippen molar-refractivity contribution in [2.75, 3.05) is 13.2 Å². The smallest absolute Gasteiger partial charge is 0.305 e. The zero-order chi connectivity index (χ0) is 45.1. The summed E-state index contributed by atoms with van der Waals surface area (Å²) in [4.78, 5) is 24.4. The molecule has 0 aliphatic heterocycles. The maximum Gasteiger partial charge on any atom is 0.305 e. The average Bonchev–Trinajstić information content (AvgIpc) is 3.27. The van der Waals surface area contributed by atoms with Gasteiger partial charge in [-0.05, 0) is 57.8 Å². The first-order valence-corrected chi connectivity index (χ1v) is 27.6. The molecule has 0 rings (SSSR count). The average molecular weight is 874 g/mol. The van der Waals surface area contributed by atoms with Crippen LogP contribution < -0.4 is 5.32 Å². The Kier molecular flexibility index (Phi) is 50.6. The molecule has 0 aromatic heterocycles. The quantitative estimate of drug-likeness (QED) is 0.0321. The summed E-state index contributed by atoms with van der Waals surface area (Å²) in [5.74, 6) is -0.0728. The second-order valence-corrected chi connectivity index (χ2v) is 18.9. The molecular formula is C56H107NO5. The van der Waals surface area contributed by atoms with Gasteiger partial charge >= 0.3 is 5.97 Å². The number of esters is 1. The molecule has 1 amide bonds. The van der Waals surface area contributed by atoms with E-state index in [0.717, 1.165) is 51.4 Å². The summed E-state index contributed by atoms with van der Waals surface area (Å²) in [5.41, 5.74) is 0. The molecule has 0 aromatic carbocycles. The predicted octanol–water partition coefficient (Wildman–Crippen LogP) is 16.7. The summed E-state index contributed by atoms with van der Waals surface area (Å²) in [5, 5.41) is 23.0. The van der Waals surface area contributed by atoms with Crippen LogP contribution in [0.25, 0.3) is 0 Å². The predicted molar refractivity (Wildman–Crippen MR) is 269 cm³/mol. The van der Waals surface area contributed by atoms with Crippen LogP contribution in [0.5, 0.6) is 0 Å². The Bertz CT molecular complexity index is 966. The lowest BCUT2D eigenvalue weighted by Crippen LogP contribution is -2.45. The van der Waals surface area contributed by atoms with Gasteiger partial charge in [0.05, 0.1) is 25.4 Å². The van der Waals surface area contributed by atoms with Gasteiger partial charge in [0.25, 0.3) is 0 Å². The molecule has 0 saturated carbocycles. The minimum atomic E-state index is -0.848. The van der Waals surface area contributed by atoms with Crippen LogP contribution in [-0.2, 0) is 14.3 Å². The topological polar surface area (TPSA) is 95.9 Å². The van der Waals surface area contributed by atoms with Crippen LogP contribution in [0.2, 0.25) is 0 Å². The Morgan fingerprint density at radius 2 is 0.758 bits per heavy atom. The third-order valence-corrected chi connectivity index (χ3v) is 12.7. The highest BCUT2D eigenvalue weighted by Gasteiger charge is 2.18. The molecule has 0 radical (unpaired) electrons. The van der Waals surface area contributed by atoms with Crippen molar-refractivity contribution in [2.45, 2.75) is 309 Å². The molecule has 3 N–H and O–H groups in total. The fourth-order valence-electron chi connectivity index (χ4n) is 8.45. The molecule has 6 nitrogen and oxygen atoms in total. The number of ether oxygens (including phenoxy) is 1. The molecule has 0 fully saturated rings. The van der Waals surface area contributed by atoms with Gasteiger partial charge in [-0.1, -0.05) is 250 Å². The van der Waals surface area contributed by atoms with E-state index < -0.39 is 12.1 Å². The van der Waals surface area contributed by atoms with E-state index in [1.165, 1.54) is 218 Å². The van der Waals surface area contributed by atoms with Crippen molar-refractivity contribution in [3.63, 3.8) is 0 Å². The van der Waals surface area contributed by atoms with E-state index in [1.807, 2.05) is 6.08 Å². The van der Waals surface area contributed by atoms with Gasteiger partial charge in [0.2, 0.25) is 5.91 Å². The van der Waals surface area contributed by atoms with Crippen molar-refractivity contribution in [2.24, 2.45) is 0 Å². The van der Waals surface area contributed by atoms with Gasteiger partial charge in [-0.25, -0.2) is 0 Å². The lowest BCUT2D eigenvalue weighted by molar-refractivity contribution is -0.143. The minimum absolute atomic E-state index is 0.00582. The zero-order valence-electron chi connectivity index (χ0n) is 41.6. The molecule has 62 heavy (non-hydrogen) atoms. The van der Waals surface area contributed by atoms with Crippen molar-refractivity contribution in [1.29, 1.82) is 0 Å². The molecule has 0 spiro atoms. The number of hydrogen-bond donors (Lipinski definition) is 3. The SMILES string of the molecule is CCCCCCCCCCC/C=C/C(O)C(CO)NC(=O)CCCCCCCCC/C=C\CCCCCCCCCCOC(=O)CCCCCCCCCCCCCCCCC. The molecule has 0 heterocycles. The van der Waals surface area contributed by atoms with Crippen molar-refractivity contribution in [3.05, 3.63) is 24.3 Å². The largest absolute Gasteiger partial charge is 0.466 e. The molecule has 366 valence electrons. The second-order valence-electron chi connectivity index (χ2n) is 18.9. The molecule has 2 unspecified atom stereocenters. The number of carbonyl (C=O) groups is 2. The maximum atomic E-state index is 12.4. The second kappa shape index (κ2) is 52.0. The lowest BCUT2D eigenvalue weighted by Gasteiger charge is -2.20. The van der Waals surface area contributed by atoms with E-state index in [-0.39, 0.29) is 18.5 Å². The maximum absolute atomic E-state index is 12.4. The molecule has 0 bridgehead atoms. The number of unbranched alkanes of at least 4 members (excludes halogenated alkanes) is 38. The van der Waals surface area contributed by atoms with E-state index in [4.69, 9.17) is 4.74 Å². The van der Waals surface area contributed by atoms with Crippen LogP contribution in [-0.4, -0.2) is 47.4 Å². The van der Waals surface area contributed by atoms with Crippen LogP contribution in [0.4, 0.5) is 0 Å². The van der Waals surface area contributed by atoms with E-state index in [0.29, 0.717) is 19.4 Å². The molecule has 0 aromatic rings. The summed E-state index contributed by atoms with van der Waals surface area (Å²) in [6, 6.07) is -0.633. The fourth-order valence-corrected chi connectivity index (χ4v) is 8.45. The molecule has 0 aliphatic rings. The third-order valence-electron chi connectivity index (χ3n) is 12.7. The normalized spacial score (nSPS) is 12.8. The summed E-state index contributed by atoms with van der Waals surface area (Å²) in [6.45, 7) is 4.88. The Morgan fingerprint density at radius 3 is 1.15 bits per heavy atom. The summed E-state index contributed by atoms with van der Waals surface area (Å²) in [6.07, 6.45) is 61.9. The van der Waals surface area contributed by atoms with E-state index in [1.54, 1.807) is 6.08 Å². The molecule has 0 saturated heterocycles. The van der Waals surface area contributed by atoms with Gasteiger partial charge in [-0.3, -0.25) is 9.59 Å². The standard InChI is InChI=1S/C56H107NO5/c1-3-5-7-9-11-13-15-16-22-26-30-34-38-42-46-50-56(61)62-51-47-43-39-35-31-27-24-21-19-17-18-20-23-25-29-33-37-41-45-49-55(60)57-53(52-58)54(59)48-44-40-36-32-28-14-12-10-8-6-4-2/h17-18,44,48,53-54,58-59H,3-16,19-43,45-47,49-52H2,1-2H3,(H,57,60)/b18-17-,48-44+. The molecular weight excluding hydrogens is 767 g/mol. The van der Waals surface area contributed by atoms with E-state index >= 15 is 0 Å². The van der Waals surface area contributed by atoms with Crippen molar-refractivity contribution < 1.29 is 24.5 Å². The summed E-state index contributed by atoms with van der Waals surface area (Å²) in [7, 11) is 0. The Morgan fingerprint density at radius 1 is 0.435 bits per heavy atom. The van der Waals surface area contributed by atoms with E-state index in [2.05, 4.69) is 31.3 Å². The number of aliphatic hydroxyl groups excluding tert-OH is 2. The Labute approximate surface area is 386 Å². The third kappa shape index (κ3) is 47.8.